The highest BCUT2D eigenvalue weighted by atomic mass is 35.5. The molecule has 4 rings (SSSR count). The van der Waals surface area contributed by atoms with E-state index < -0.39 is 0 Å². The average molecular weight is 451 g/mol. The van der Waals surface area contributed by atoms with Crippen LogP contribution in [0, 0.1) is 0 Å². The Hall–Kier alpha value is -2.92. The van der Waals surface area contributed by atoms with Gasteiger partial charge in [-0.1, -0.05) is 83.9 Å². The van der Waals surface area contributed by atoms with Gasteiger partial charge in [0.05, 0.1) is 15.7 Å². The number of thiazole rings is 1. The Morgan fingerprint density at radius 2 is 1.57 bits per heavy atom. The lowest BCUT2D eigenvalue weighted by atomic mass is 10.0. The summed E-state index contributed by atoms with van der Waals surface area (Å²) in [6.45, 7) is 0. The Morgan fingerprint density at radius 1 is 0.867 bits per heavy atom. The van der Waals surface area contributed by atoms with Crippen LogP contribution in [0.5, 0.6) is 0 Å². The Morgan fingerprint density at radius 3 is 2.30 bits per heavy atom. The molecule has 0 saturated heterocycles. The molecule has 1 heterocycles. The van der Waals surface area contributed by atoms with E-state index in [9.17, 15) is 4.79 Å². The minimum Gasteiger partial charge on any atom is -0.298 e. The first-order valence-electron chi connectivity index (χ1n) is 9.14. The molecule has 30 heavy (non-hydrogen) atoms. The molecule has 0 bridgehead atoms. The van der Waals surface area contributed by atoms with Crippen LogP contribution in [0.4, 0.5) is 5.13 Å². The number of nitrogens with one attached hydrogen (secondary N) is 1. The number of hydrogen-bond acceptors (Lipinski definition) is 3. The average Bonchev–Trinajstić information content (AvgIpc) is 3.24. The lowest BCUT2D eigenvalue weighted by molar-refractivity contribution is -0.111. The van der Waals surface area contributed by atoms with E-state index in [1.807, 2.05) is 35.7 Å². The largest absolute Gasteiger partial charge is 0.298 e. The molecule has 0 fully saturated rings. The van der Waals surface area contributed by atoms with E-state index in [4.69, 9.17) is 23.2 Å². The van der Waals surface area contributed by atoms with E-state index in [1.54, 1.807) is 24.3 Å². The SMILES string of the molecule is O=C(C=Cc1ccc(Cl)c(Cl)c1)Nc1nc(-c2ccc(-c3ccccc3)cc2)cs1. The number of halogens is 2. The number of hydrogen-bond donors (Lipinski definition) is 1. The molecule has 6 heteroatoms. The number of rotatable bonds is 5. The second-order valence-electron chi connectivity index (χ2n) is 6.48. The topological polar surface area (TPSA) is 42.0 Å². The van der Waals surface area contributed by atoms with Gasteiger partial charge in [-0.2, -0.15) is 0 Å². The smallest absolute Gasteiger partial charge is 0.250 e. The number of amides is 1. The van der Waals surface area contributed by atoms with Crippen molar-refractivity contribution in [3.8, 4) is 22.4 Å². The third kappa shape index (κ3) is 4.97. The maximum atomic E-state index is 12.2. The summed E-state index contributed by atoms with van der Waals surface area (Å²) in [6, 6.07) is 23.6. The van der Waals surface area contributed by atoms with Gasteiger partial charge in [0.2, 0.25) is 5.91 Å². The zero-order chi connectivity index (χ0) is 20.9. The highest BCUT2D eigenvalue weighted by molar-refractivity contribution is 7.14. The maximum Gasteiger partial charge on any atom is 0.250 e. The lowest BCUT2D eigenvalue weighted by Gasteiger charge is -2.03. The van der Waals surface area contributed by atoms with Crippen LogP contribution in [-0.4, -0.2) is 10.9 Å². The van der Waals surface area contributed by atoms with Gasteiger partial charge in [-0.3, -0.25) is 10.1 Å². The Labute approximate surface area is 188 Å². The third-order valence-corrected chi connectivity index (χ3v) is 5.89. The highest BCUT2D eigenvalue weighted by Crippen LogP contribution is 2.28. The van der Waals surface area contributed by atoms with Crippen molar-refractivity contribution in [2.75, 3.05) is 5.32 Å². The summed E-state index contributed by atoms with van der Waals surface area (Å²) >= 11 is 13.3. The molecule has 0 radical (unpaired) electrons. The minimum atomic E-state index is -0.263. The van der Waals surface area contributed by atoms with Crippen LogP contribution in [0.2, 0.25) is 10.0 Å². The van der Waals surface area contributed by atoms with Crippen LogP contribution in [0.15, 0.2) is 84.3 Å². The monoisotopic (exact) mass is 450 g/mol. The number of carbonyl (C=O) groups is 1. The molecular weight excluding hydrogens is 435 g/mol. The fourth-order valence-corrected chi connectivity index (χ4v) is 3.89. The first-order valence-corrected chi connectivity index (χ1v) is 10.8. The first kappa shape index (κ1) is 20.4. The van der Waals surface area contributed by atoms with Crippen LogP contribution >= 0.6 is 34.5 Å². The van der Waals surface area contributed by atoms with E-state index in [0.29, 0.717) is 15.2 Å². The minimum absolute atomic E-state index is 0.263. The van der Waals surface area contributed by atoms with Crippen molar-refractivity contribution in [3.05, 3.63) is 99.9 Å². The fraction of sp³-hybridized carbons (Fsp3) is 0. The third-order valence-electron chi connectivity index (χ3n) is 4.39. The van der Waals surface area contributed by atoms with Gasteiger partial charge in [-0.15, -0.1) is 11.3 Å². The second kappa shape index (κ2) is 9.26. The Kier molecular flexibility index (Phi) is 6.29. The van der Waals surface area contributed by atoms with Crippen LogP contribution < -0.4 is 5.32 Å². The van der Waals surface area contributed by atoms with Gasteiger partial charge >= 0.3 is 0 Å². The van der Waals surface area contributed by atoms with Crippen LogP contribution in [-0.2, 0) is 4.79 Å². The van der Waals surface area contributed by atoms with Crippen molar-refractivity contribution in [1.82, 2.24) is 4.98 Å². The second-order valence-corrected chi connectivity index (χ2v) is 8.15. The highest BCUT2D eigenvalue weighted by Gasteiger charge is 2.07. The zero-order valence-electron chi connectivity index (χ0n) is 15.7. The van der Waals surface area contributed by atoms with E-state index in [-0.39, 0.29) is 5.91 Å². The van der Waals surface area contributed by atoms with E-state index in [2.05, 4.69) is 34.6 Å². The molecule has 0 aliphatic heterocycles. The number of carbonyl (C=O) groups excluding carboxylic acids is 1. The summed E-state index contributed by atoms with van der Waals surface area (Å²) in [5, 5.41) is 6.18. The Balaban J connectivity index is 1.42. The molecule has 148 valence electrons. The summed E-state index contributed by atoms with van der Waals surface area (Å²) in [7, 11) is 0. The summed E-state index contributed by atoms with van der Waals surface area (Å²) in [4.78, 5) is 16.7. The summed E-state index contributed by atoms with van der Waals surface area (Å²) in [6.07, 6.45) is 3.11. The van der Waals surface area contributed by atoms with Gasteiger partial charge < -0.3 is 0 Å². The maximum absolute atomic E-state index is 12.2. The molecule has 1 aromatic heterocycles. The molecule has 0 saturated carbocycles. The van der Waals surface area contributed by atoms with Crippen molar-refractivity contribution in [3.63, 3.8) is 0 Å². The van der Waals surface area contributed by atoms with Gasteiger partial charge in [0, 0.05) is 17.0 Å². The summed E-state index contributed by atoms with van der Waals surface area (Å²) in [5.41, 5.74) is 4.93. The summed E-state index contributed by atoms with van der Waals surface area (Å²) in [5.74, 6) is -0.263. The fourth-order valence-electron chi connectivity index (χ4n) is 2.86. The predicted octanol–water partition coefficient (Wildman–Crippen LogP) is 7.44. The van der Waals surface area contributed by atoms with Crippen molar-refractivity contribution < 1.29 is 4.79 Å². The zero-order valence-corrected chi connectivity index (χ0v) is 18.0. The molecule has 0 atom stereocenters. The molecule has 4 aromatic rings. The van der Waals surface area contributed by atoms with Gasteiger partial charge in [0.25, 0.3) is 0 Å². The molecule has 0 aliphatic rings. The van der Waals surface area contributed by atoms with Crippen molar-refractivity contribution in [2.24, 2.45) is 0 Å². The van der Waals surface area contributed by atoms with Crippen LogP contribution in [0.3, 0.4) is 0 Å². The van der Waals surface area contributed by atoms with Gasteiger partial charge in [-0.05, 0) is 34.9 Å². The summed E-state index contributed by atoms with van der Waals surface area (Å²) < 4.78 is 0. The normalized spacial score (nSPS) is 11.0. The predicted molar refractivity (Wildman–Crippen MR) is 127 cm³/mol. The molecular formula is C24H16Cl2N2OS. The quantitative estimate of drug-likeness (QED) is 0.321. The first-order chi connectivity index (χ1) is 14.6. The van der Waals surface area contributed by atoms with Gasteiger partial charge in [0.15, 0.2) is 5.13 Å². The van der Waals surface area contributed by atoms with Crippen molar-refractivity contribution >= 4 is 51.7 Å². The molecule has 0 aliphatic carbocycles. The van der Waals surface area contributed by atoms with E-state index in [1.165, 1.54) is 23.0 Å². The number of nitrogens with zero attached hydrogens (tertiary/aromatic N) is 1. The van der Waals surface area contributed by atoms with Gasteiger partial charge in [-0.25, -0.2) is 4.98 Å². The molecule has 1 N–H and O–H groups in total. The van der Waals surface area contributed by atoms with Crippen molar-refractivity contribution in [2.45, 2.75) is 0 Å². The van der Waals surface area contributed by atoms with E-state index >= 15 is 0 Å². The standard InChI is InChI=1S/C24H16Cl2N2OS/c25-20-12-6-16(14-21(20)26)7-13-23(29)28-24-27-22(15-30-24)19-10-8-18(9-11-19)17-4-2-1-3-5-17/h1-15H,(H,27,28,29). The molecule has 3 nitrogen and oxygen atoms in total. The van der Waals surface area contributed by atoms with Crippen LogP contribution in [0.25, 0.3) is 28.5 Å². The number of benzene rings is 3. The lowest BCUT2D eigenvalue weighted by Crippen LogP contribution is -2.07. The molecule has 0 spiro atoms. The number of aromatic nitrogens is 1. The number of anilines is 1. The Bertz CT molecular complexity index is 1200. The molecule has 0 unspecified atom stereocenters. The van der Waals surface area contributed by atoms with Crippen molar-refractivity contribution in [1.29, 1.82) is 0 Å². The van der Waals surface area contributed by atoms with Crippen LogP contribution in [0.1, 0.15) is 5.56 Å². The van der Waals surface area contributed by atoms with Gasteiger partial charge in [0.1, 0.15) is 0 Å². The molecule has 3 aromatic carbocycles. The van der Waals surface area contributed by atoms with E-state index in [0.717, 1.165) is 22.4 Å². The molecule has 1 amide bonds.